The van der Waals surface area contributed by atoms with E-state index < -0.39 is 11.7 Å². The van der Waals surface area contributed by atoms with Crippen LogP contribution in [0, 0.1) is 0 Å². The number of para-hydroxylation sites is 1. The molecule has 1 aromatic carbocycles. The van der Waals surface area contributed by atoms with Crippen LogP contribution in [0.3, 0.4) is 0 Å². The lowest BCUT2D eigenvalue weighted by Gasteiger charge is -2.19. The Labute approximate surface area is 149 Å². The van der Waals surface area contributed by atoms with Gasteiger partial charge in [0.15, 0.2) is 0 Å². The number of pyridine rings is 1. The molecule has 134 valence electrons. The number of aromatic nitrogens is 3. The quantitative estimate of drug-likeness (QED) is 0.753. The highest BCUT2D eigenvalue weighted by atomic mass is 16.2. The number of nitrogens with zero attached hydrogens (tertiary/aromatic N) is 3. The summed E-state index contributed by atoms with van der Waals surface area (Å²) in [6.45, 7) is 3.88. The van der Waals surface area contributed by atoms with Crippen LogP contribution in [0.15, 0.2) is 58.3 Å². The summed E-state index contributed by atoms with van der Waals surface area (Å²) in [7, 11) is 0. The zero-order chi connectivity index (χ0) is 18.7. The van der Waals surface area contributed by atoms with Crippen molar-refractivity contribution in [2.45, 2.75) is 33.0 Å². The van der Waals surface area contributed by atoms with Crippen LogP contribution in [-0.2, 0) is 17.9 Å². The Balaban J connectivity index is 2.00. The average Bonchev–Trinajstić information content (AvgIpc) is 2.67. The third-order valence-corrected chi connectivity index (χ3v) is 4.33. The van der Waals surface area contributed by atoms with E-state index in [9.17, 15) is 14.4 Å². The maximum Gasteiger partial charge on any atom is 0.332 e. The van der Waals surface area contributed by atoms with Crippen LogP contribution in [-0.4, -0.2) is 20.0 Å². The summed E-state index contributed by atoms with van der Waals surface area (Å²) >= 11 is 0. The standard InChI is InChI=1S/C19H20N4O3/c1-3-22-18(25)15-9-4-5-10-16(15)23(19(22)26)13(2)17(24)21-12-14-8-6-7-11-20-14/h4-11,13H,3,12H2,1-2H3,(H,21,24). The largest absolute Gasteiger partial charge is 0.349 e. The van der Waals surface area contributed by atoms with Gasteiger partial charge in [0.25, 0.3) is 5.56 Å². The van der Waals surface area contributed by atoms with Crippen molar-refractivity contribution < 1.29 is 4.79 Å². The van der Waals surface area contributed by atoms with Crippen molar-refractivity contribution in [1.29, 1.82) is 0 Å². The summed E-state index contributed by atoms with van der Waals surface area (Å²) in [5.74, 6) is -0.316. The van der Waals surface area contributed by atoms with Gasteiger partial charge in [-0.3, -0.25) is 23.7 Å². The topological polar surface area (TPSA) is 86.0 Å². The second-order valence-electron chi connectivity index (χ2n) is 5.93. The van der Waals surface area contributed by atoms with Crippen LogP contribution in [0.25, 0.3) is 10.9 Å². The van der Waals surface area contributed by atoms with Crippen molar-refractivity contribution in [3.05, 3.63) is 75.2 Å². The zero-order valence-electron chi connectivity index (χ0n) is 14.7. The molecule has 26 heavy (non-hydrogen) atoms. The number of rotatable bonds is 5. The lowest BCUT2D eigenvalue weighted by atomic mass is 10.2. The Bertz CT molecular complexity index is 1050. The van der Waals surface area contributed by atoms with E-state index in [-0.39, 0.29) is 24.6 Å². The molecule has 0 fully saturated rings. The number of carbonyl (C=O) groups excluding carboxylic acids is 1. The Hall–Kier alpha value is -3.22. The highest BCUT2D eigenvalue weighted by Crippen LogP contribution is 2.13. The molecule has 2 heterocycles. The molecule has 3 rings (SSSR count). The molecular weight excluding hydrogens is 332 g/mol. The summed E-state index contributed by atoms with van der Waals surface area (Å²) < 4.78 is 2.51. The Kier molecular flexibility index (Phi) is 4.97. The van der Waals surface area contributed by atoms with Gasteiger partial charge in [0, 0.05) is 12.7 Å². The van der Waals surface area contributed by atoms with E-state index in [1.54, 1.807) is 50.4 Å². The predicted octanol–water partition coefficient (Wildman–Crippen LogP) is 1.46. The molecule has 1 unspecified atom stereocenters. The Morgan fingerprint density at radius 3 is 2.58 bits per heavy atom. The van der Waals surface area contributed by atoms with E-state index in [1.807, 2.05) is 12.1 Å². The molecular formula is C19H20N4O3. The molecule has 0 radical (unpaired) electrons. The molecule has 1 amide bonds. The van der Waals surface area contributed by atoms with Gasteiger partial charge in [-0.2, -0.15) is 0 Å². The van der Waals surface area contributed by atoms with Crippen LogP contribution in [0.2, 0.25) is 0 Å². The van der Waals surface area contributed by atoms with Gasteiger partial charge in [0.05, 0.1) is 23.1 Å². The van der Waals surface area contributed by atoms with E-state index in [4.69, 9.17) is 0 Å². The molecule has 3 aromatic rings. The number of nitrogens with one attached hydrogen (secondary N) is 1. The molecule has 0 bridgehead atoms. The monoisotopic (exact) mass is 352 g/mol. The van der Waals surface area contributed by atoms with Crippen molar-refractivity contribution in [2.24, 2.45) is 0 Å². The van der Waals surface area contributed by atoms with Crippen LogP contribution >= 0.6 is 0 Å². The molecule has 7 heteroatoms. The van der Waals surface area contributed by atoms with Crippen LogP contribution < -0.4 is 16.6 Å². The SMILES string of the molecule is CCn1c(=O)c2ccccc2n(C(C)C(=O)NCc2ccccn2)c1=O. The van der Waals surface area contributed by atoms with E-state index in [1.165, 1.54) is 4.57 Å². The Morgan fingerprint density at radius 1 is 1.15 bits per heavy atom. The van der Waals surface area contributed by atoms with Gasteiger partial charge in [-0.1, -0.05) is 18.2 Å². The van der Waals surface area contributed by atoms with Crippen molar-refractivity contribution in [3.8, 4) is 0 Å². The van der Waals surface area contributed by atoms with Crippen molar-refractivity contribution in [2.75, 3.05) is 0 Å². The predicted molar refractivity (Wildman–Crippen MR) is 98.9 cm³/mol. The van der Waals surface area contributed by atoms with E-state index in [0.717, 1.165) is 10.3 Å². The van der Waals surface area contributed by atoms with Gasteiger partial charge in [0.1, 0.15) is 6.04 Å². The molecule has 1 N–H and O–H groups in total. The normalized spacial score (nSPS) is 12.1. The number of fused-ring (bicyclic) bond motifs is 1. The van der Waals surface area contributed by atoms with Crippen LogP contribution in [0.5, 0.6) is 0 Å². The summed E-state index contributed by atoms with van der Waals surface area (Å²) in [4.78, 5) is 42.0. The van der Waals surface area contributed by atoms with Crippen LogP contribution in [0.1, 0.15) is 25.6 Å². The molecule has 0 spiro atoms. The lowest BCUT2D eigenvalue weighted by molar-refractivity contribution is -0.124. The first-order chi connectivity index (χ1) is 12.5. The first-order valence-electron chi connectivity index (χ1n) is 8.46. The van der Waals surface area contributed by atoms with E-state index in [0.29, 0.717) is 10.9 Å². The van der Waals surface area contributed by atoms with Gasteiger partial charge in [-0.25, -0.2) is 4.79 Å². The molecule has 2 aromatic heterocycles. The van der Waals surface area contributed by atoms with Gasteiger partial charge >= 0.3 is 5.69 Å². The highest BCUT2D eigenvalue weighted by molar-refractivity contribution is 5.84. The molecule has 7 nitrogen and oxygen atoms in total. The summed E-state index contributed by atoms with van der Waals surface area (Å²) in [5.41, 5.74) is 0.346. The van der Waals surface area contributed by atoms with Crippen molar-refractivity contribution in [1.82, 2.24) is 19.4 Å². The molecule has 0 aliphatic carbocycles. The lowest BCUT2D eigenvalue weighted by Crippen LogP contribution is -2.44. The second-order valence-corrected chi connectivity index (χ2v) is 5.93. The fourth-order valence-corrected chi connectivity index (χ4v) is 2.93. The third kappa shape index (κ3) is 3.15. The summed E-state index contributed by atoms with van der Waals surface area (Å²) in [5, 5.41) is 3.21. The first-order valence-corrected chi connectivity index (χ1v) is 8.46. The first kappa shape index (κ1) is 17.6. The molecule has 0 aliphatic rings. The van der Waals surface area contributed by atoms with E-state index >= 15 is 0 Å². The second kappa shape index (κ2) is 7.35. The molecule has 1 atom stereocenters. The number of hydrogen-bond acceptors (Lipinski definition) is 4. The van der Waals surface area contributed by atoms with Gasteiger partial charge in [-0.05, 0) is 38.1 Å². The number of amides is 1. The van der Waals surface area contributed by atoms with E-state index in [2.05, 4.69) is 10.3 Å². The fourth-order valence-electron chi connectivity index (χ4n) is 2.93. The van der Waals surface area contributed by atoms with Gasteiger partial charge < -0.3 is 5.32 Å². The maximum absolute atomic E-state index is 12.8. The molecule has 0 saturated carbocycles. The average molecular weight is 352 g/mol. The van der Waals surface area contributed by atoms with Crippen molar-refractivity contribution in [3.63, 3.8) is 0 Å². The number of hydrogen-bond donors (Lipinski definition) is 1. The number of carbonyl (C=O) groups is 1. The van der Waals surface area contributed by atoms with Gasteiger partial charge in [-0.15, -0.1) is 0 Å². The van der Waals surface area contributed by atoms with Crippen molar-refractivity contribution >= 4 is 16.8 Å². The maximum atomic E-state index is 12.8. The molecule has 0 aliphatic heterocycles. The highest BCUT2D eigenvalue weighted by Gasteiger charge is 2.21. The minimum absolute atomic E-state index is 0.241. The number of benzene rings is 1. The third-order valence-electron chi connectivity index (χ3n) is 4.33. The minimum Gasteiger partial charge on any atom is -0.349 e. The smallest absolute Gasteiger partial charge is 0.332 e. The van der Waals surface area contributed by atoms with Gasteiger partial charge in [0.2, 0.25) is 5.91 Å². The summed E-state index contributed by atoms with van der Waals surface area (Å²) in [6.07, 6.45) is 1.65. The Morgan fingerprint density at radius 2 is 1.88 bits per heavy atom. The minimum atomic E-state index is -0.769. The fraction of sp³-hybridized carbons (Fsp3) is 0.263. The zero-order valence-corrected chi connectivity index (χ0v) is 14.7. The van der Waals surface area contributed by atoms with Crippen LogP contribution in [0.4, 0.5) is 0 Å². The molecule has 0 saturated heterocycles. The summed E-state index contributed by atoms with van der Waals surface area (Å²) in [6, 6.07) is 11.5.